The van der Waals surface area contributed by atoms with E-state index in [4.69, 9.17) is 0 Å². The number of aromatic nitrogens is 4. The lowest BCUT2D eigenvalue weighted by Gasteiger charge is -2.26. The fourth-order valence-corrected chi connectivity index (χ4v) is 7.09. The van der Waals surface area contributed by atoms with Gasteiger partial charge in [-0.25, -0.2) is 19.3 Å². The quantitative estimate of drug-likeness (QED) is 0.387. The topological polar surface area (TPSA) is 107 Å². The third kappa shape index (κ3) is 4.55. The van der Waals surface area contributed by atoms with Crippen LogP contribution in [0.15, 0.2) is 60.9 Å². The molecular formula is C32H35N7O3. The Morgan fingerprint density at radius 1 is 0.929 bits per heavy atom. The first-order valence-corrected chi connectivity index (χ1v) is 14.6. The van der Waals surface area contributed by atoms with Gasteiger partial charge < -0.3 is 19.8 Å². The van der Waals surface area contributed by atoms with Gasteiger partial charge in [-0.15, -0.1) is 5.10 Å². The van der Waals surface area contributed by atoms with Crippen molar-refractivity contribution in [3.05, 3.63) is 83.4 Å². The number of nitrogens with zero attached hydrogens (tertiary/aromatic N) is 7. The predicted molar refractivity (Wildman–Crippen MR) is 159 cm³/mol. The molecule has 7 rings (SSSR count). The summed E-state index contributed by atoms with van der Waals surface area (Å²) in [7, 11) is 0. The number of amides is 1. The molecule has 0 unspecified atom stereocenters. The smallest absolute Gasteiger partial charge is 0.335 e. The van der Waals surface area contributed by atoms with Crippen LogP contribution in [-0.2, 0) is 5.41 Å². The zero-order valence-corrected chi connectivity index (χ0v) is 24.0. The molecule has 2 atom stereocenters. The molecule has 3 fully saturated rings. The van der Waals surface area contributed by atoms with E-state index in [1.165, 1.54) is 11.6 Å². The zero-order valence-electron chi connectivity index (χ0n) is 24.0. The number of pyridine rings is 2. The molecule has 10 heteroatoms. The molecule has 3 aromatic heterocycles. The van der Waals surface area contributed by atoms with E-state index in [0.29, 0.717) is 24.6 Å². The molecule has 3 aliphatic heterocycles. The highest BCUT2D eigenvalue weighted by atomic mass is 16.4. The summed E-state index contributed by atoms with van der Waals surface area (Å²) < 4.78 is 1.76. The first-order chi connectivity index (χ1) is 20.2. The van der Waals surface area contributed by atoms with E-state index in [-0.39, 0.29) is 28.1 Å². The molecule has 42 heavy (non-hydrogen) atoms. The third-order valence-electron chi connectivity index (χ3n) is 9.58. The molecule has 1 spiro atoms. The van der Waals surface area contributed by atoms with Crippen molar-refractivity contribution in [1.29, 1.82) is 0 Å². The van der Waals surface area contributed by atoms with Crippen LogP contribution in [0, 0.1) is 12.3 Å². The van der Waals surface area contributed by atoms with E-state index in [1.54, 1.807) is 16.8 Å². The Balaban J connectivity index is 1.06. The van der Waals surface area contributed by atoms with Crippen LogP contribution in [-0.4, -0.2) is 80.7 Å². The van der Waals surface area contributed by atoms with Gasteiger partial charge in [0.1, 0.15) is 5.82 Å². The van der Waals surface area contributed by atoms with Crippen molar-refractivity contribution in [1.82, 2.24) is 24.5 Å². The van der Waals surface area contributed by atoms with Crippen LogP contribution in [0.2, 0.25) is 0 Å². The van der Waals surface area contributed by atoms with Gasteiger partial charge in [0, 0.05) is 56.3 Å². The van der Waals surface area contributed by atoms with Gasteiger partial charge in [-0.05, 0) is 55.5 Å². The number of rotatable bonds is 5. The number of anilines is 2. The van der Waals surface area contributed by atoms with Gasteiger partial charge in [-0.3, -0.25) is 4.79 Å². The fourth-order valence-electron chi connectivity index (χ4n) is 7.09. The van der Waals surface area contributed by atoms with Crippen LogP contribution < -0.4 is 9.80 Å². The second-order valence-corrected chi connectivity index (χ2v) is 12.5. The summed E-state index contributed by atoms with van der Waals surface area (Å²) in [5, 5.41) is 14.0. The van der Waals surface area contributed by atoms with E-state index < -0.39 is 5.97 Å². The lowest BCUT2D eigenvalue weighted by Crippen LogP contribution is -2.34. The predicted octanol–water partition coefficient (Wildman–Crippen LogP) is 4.04. The standard InChI is InChI=1S/C32H35N7O3/c1-22-16-25(36-13-9-31(2,19-36)24-6-4-3-5-7-24)18-39-28(22)34-27(35-39)29(40)38-15-11-32(21-38)10-14-37(20-32)26-17-23(30(41)42)8-12-33-26/h3-8,12,16-18H,9-11,13-15,19-21H2,1-2H3,(H,41,42)/t31-,32-/m0/s1. The molecule has 216 valence electrons. The number of fused-ring (bicyclic) bond motifs is 1. The second-order valence-electron chi connectivity index (χ2n) is 12.5. The molecule has 0 aliphatic carbocycles. The van der Waals surface area contributed by atoms with Gasteiger partial charge in [0.25, 0.3) is 5.91 Å². The maximum absolute atomic E-state index is 13.6. The summed E-state index contributed by atoms with van der Waals surface area (Å²) in [5.41, 5.74) is 4.43. The fraction of sp³-hybridized carbons (Fsp3) is 0.406. The van der Waals surface area contributed by atoms with Crippen LogP contribution in [0.25, 0.3) is 5.65 Å². The van der Waals surface area contributed by atoms with Gasteiger partial charge in [0.05, 0.1) is 17.4 Å². The first kappa shape index (κ1) is 26.4. The molecule has 0 saturated carbocycles. The SMILES string of the molecule is Cc1cc(N2CC[C@](C)(c3ccccc3)C2)cn2nc(C(=O)N3CC[C@]4(CCN(c5cc(C(=O)O)ccn5)C4)C3)nc12. The van der Waals surface area contributed by atoms with Gasteiger partial charge in [-0.1, -0.05) is 37.3 Å². The largest absolute Gasteiger partial charge is 0.478 e. The molecule has 3 saturated heterocycles. The third-order valence-corrected chi connectivity index (χ3v) is 9.58. The van der Waals surface area contributed by atoms with E-state index in [1.807, 2.05) is 18.0 Å². The first-order valence-electron chi connectivity index (χ1n) is 14.6. The Bertz CT molecular complexity index is 1690. The van der Waals surface area contributed by atoms with Crippen LogP contribution in [0.5, 0.6) is 0 Å². The van der Waals surface area contributed by atoms with Gasteiger partial charge >= 0.3 is 5.97 Å². The highest BCUT2D eigenvalue weighted by Crippen LogP contribution is 2.41. The number of carboxylic acids is 1. The molecule has 1 aromatic carbocycles. The van der Waals surface area contributed by atoms with Crippen molar-refractivity contribution >= 4 is 29.0 Å². The molecule has 4 aromatic rings. The summed E-state index contributed by atoms with van der Waals surface area (Å²) in [4.78, 5) is 40.5. The van der Waals surface area contributed by atoms with Crippen LogP contribution in [0.4, 0.5) is 11.5 Å². The molecule has 10 nitrogen and oxygen atoms in total. The number of carboxylic acid groups (broad SMARTS) is 1. The minimum Gasteiger partial charge on any atom is -0.478 e. The number of carbonyl (C=O) groups excluding carboxylic acids is 1. The van der Waals surface area contributed by atoms with Crippen molar-refractivity contribution in [2.24, 2.45) is 5.41 Å². The van der Waals surface area contributed by atoms with E-state index >= 15 is 0 Å². The van der Waals surface area contributed by atoms with Crippen molar-refractivity contribution in [2.45, 2.75) is 38.5 Å². The number of carbonyl (C=O) groups is 2. The van der Waals surface area contributed by atoms with Crippen molar-refractivity contribution in [2.75, 3.05) is 49.1 Å². The summed E-state index contributed by atoms with van der Waals surface area (Å²) in [6, 6.07) is 16.0. The Kier molecular flexibility index (Phi) is 6.18. The Morgan fingerprint density at radius 2 is 1.71 bits per heavy atom. The minimum absolute atomic E-state index is 0.0417. The lowest BCUT2D eigenvalue weighted by atomic mass is 9.82. The Labute approximate surface area is 244 Å². The van der Waals surface area contributed by atoms with E-state index in [9.17, 15) is 14.7 Å². The van der Waals surface area contributed by atoms with Crippen molar-refractivity contribution < 1.29 is 14.7 Å². The lowest BCUT2D eigenvalue weighted by molar-refractivity contribution is 0.0695. The molecule has 1 amide bonds. The average molecular weight is 566 g/mol. The van der Waals surface area contributed by atoms with Gasteiger partial charge in [0.15, 0.2) is 5.65 Å². The van der Waals surface area contributed by atoms with Gasteiger partial charge in [0.2, 0.25) is 5.82 Å². The number of benzene rings is 1. The van der Waals surface area contributed by atoms with Crippen molar-refractivity contribution in [3.8, 4) is 0 Å². The monoisotopic (exact) mass is 565 g/mol. The molecule has 3 aliphatic rings. The van der Waals surface area contributed by atoms with Gasteiger partial charge in [-0.2, -0.15) is 0 Å². The highest BCUT2D eigenvalue weighted by Gasteiger charge is 2.46. The Hall–Kier alpha value is -4.47. The molecule has 0 radical (unpaired) electrons. The van der Waals surface area contributed by atoms with E-state index in [0.717, 1.165) is 56.7 Å². The van der Waals surface area contributed by atoms with Crippen molar-refractivity contribution in [3.63, 3.8) is 0 Å². The normalized spacial score (nSPS) is 23.9. The molecular weight excluding hydrogens is 530 g/mol. The maximum Gasteiger partial charge on any atom is 0.335 e. The number of aryl methyl sites for hydroxylation is 1. The average Bonchev–Trinajstić information content (AvgIpc) is 3.80. The second kappa shape index (κ2) is 9.82. The summed E-state index contributed by atoms with van der Waals surface area (Å²) in [6.45, 7) is 9.05. The summed E-state index contributed by atoms with van der Waals surface area (Å²) >= 11 is 0. The number of hydrogen-bond donors (Lipinski definition) is 1. The molecule has 0 bridgehead atoms. The van der Waals surface area contributed by atoms with E-state index in [2.05, 4.69) is 68.2 Å². The zero-order chi connectivity index (χ0) is 29.1. The maximum atomic E-state index is 13.6. The highest BCUT2D eigenvalue weighted by molar-refractivity contribution is 5.91. The van der Waals surface area contributed by atoms with Crippen LogP contribution in [0.3, 0.4) is 0 Å². The van der Waals surface area contributed by atoms with Crippen LogP contribution in [0.1, 0.15) is 58.3 Å². The number of aromatic carboxylic acids is 1. The summed E-state index contributed by atoms with van der Waals surface area (Å²) in [5.74, 6) is -0.196. The van der Waals surface area contributed by atoms with Crippen LogP contribution >= 0.6 is 0 Å². The Morgan fingerprint density at radius 3 is 2.52 bits per heavy atom. The number of hydrogen-bond acceptors (Lipinski definition) is 7. The summed E-state index contributed by atoms with van der Waals surface area (Å²) in [6.07, 6.45) is 6.43. The molecule has 1 N–H and O–H groups in total. The molecule has 6 heterocycles. The number of likely N-dealkylation sites (tertiary alicyclic amines) is 1. The minimum atomic E-state index is -0.960.